The van der Waals surface area contributed by atoms with Gasteiger partial charge in [-0.3, -0.25) is 4.79 Å². The molecule has 0 aromatic heterocycles. The summed E-state index contributed by atoms with van der Waals surface area (Å²) < 4.78 is 0. The molecule has 0 N–H and O–H groups in total. The van der Waals surface area contributed by atoms with E-state index in [1.165, 1.54) is 30.4 Å². The Morgan fingerprint density at radius 1 is 0.767 bits per heavy atom. The van der Waals surface area contributed by atoms with Crippen molar-refractivity contribution in [1.29, 1.82) is 0 Å². The van der Waals surface area contributed by atoms with Gasteiger partial charge in [0, 0.05) is 18.5 Å². The number of piperidine rings is 1. The molecule has 0 bridgehead atoms. The average Bonchev–Trinajstić information content (AvgIpc) is 2.80. The lowest BCUT2D eigenvalue weighted by atomic mass is 9.90. The van der Waals surface area contributed by atoms with Crippen molar-refractivity contribution in [1.82, 2.24) is 4.90 Å². The van der Waals surface area contributed by atoms with E-state index in [0.717, 1.165) is 36.7 Å². The molecule has 0 unspecified atom stereocenters. The fourth-order valence-corrected chi connectivity index (χ4v) is 4.24. The van der Waals surface area contributed by atoms with Crippen LogP contribution in [0.4, 0.5) is 0 Å². The molecule has 2 nitrogen and oxygen atoms in total. The van der Waals surface area contributed by atoms with Crippen molar-refractivity contribution in [3.05, 3.63) is 96.1 Å². The first-order valence-corrected chi connectivity index (χ1v) is 10.7. The minimum atomic E-state index is 0. The molecule has 156 valence electrons. The smallest absolute Gasteiger partial charge is 0.164 e. The standard InChI is InChI=1S/C27H29NO.ClH/c29-27(26-13-11-25(12-14-26)24-9-5-2-6-10-24)17-20-28-18-15-23(16-19-28)21-22-7-3-1-4-8-22;/h1-14,23H,15-21H2;1H. The van der Waals surface area contributed by atoms with Crippen LogP contribution in [0.2, 0.25) is 0 Å². The van der Waals surface area contributed by atoms with Crippen LogP contribution in [-0.4, -0.2) is 30.3 Å². The summed E-state index contributed by atoms with van der Waals surface area (Å²) in [6.45, 7) is 3.09. The van der Waals surface area contributed by atoms with Crippen LogP contribution in [0.3, 0.4) is 0 Å². The first kappa shape index (κ1) is 22.3. The zero-order chi connectivity index (χ0) is 19.9. The molecule has 0 aliphatic carbocycles. The monoisotopic (exact) mass is 419 g/mol. The number of nitrogens with zero attached hydrogens (tertiary/aromatic N) is 1. The van der Waals surface area contributed by atoms with Crippen LogP contribution in [0.1, 0.15) is 35.2 Å². The van der Waals surface area contributed by atoms with E-state index in [4.69, 9.17) is 0 Å². The number of rotatable bonds is 7. The molecule has 0 saturated carbocycles. The number of carbonyl (C=O) groups excluding carboxylic acids is 1. The average molecular weight is 420 g/mol. The number of carbonyl (C=O) groups is 1. The van der Waals surface area contributed by atoms with Gasteiger partial charge in [0.25, 0.3) is 0 Å². The SMILES string of the molecule is Cl.O=C(CCN1CCC(Cc2ccccc2)CC1)c1ccc(-c2ccccc2)cc1. The Balaban J connectivity index is 0.00000256. The Hall–Kier alpha value is -2.42. The largest absolute Gasteiger partial charge is 0.303 e. The Bertz CT molecular complexity index is 901. The Morgan fingerprint density at radius 3 is 1.97 bits per heavy atom. The van der Waals surface area contributed by atoms with Gasteiger partial charge in [-0.2, -0.15) is 0 Å². The number of ketones is 1. The minimum Gasteiger partial charge on any atom is -0.303 e. The molecule has 1 saturated heterocycles. The highest BCUT2D eigenvalue weighted by atomic mass is 35.5. The predicted molar refractivity (Wildman–Crippen MR) is 127 cm³/mol. The van der Waals surface area contributed by atoms with Crippen molar-refractivity contribution in [3.63, 3.8) is 0 Å². The third-order valence-corrected chi connectivity index (χ3v) is 6.04. The van der Waals surface area contributed by atoms with E-state index in [1.54, 1.807) is 0 Å². The molecular formula is C27H30ClNO. The van der Waals surface area contributed by atoms with Crippen molar-refractivity contribution in [2.24, 2.45) is 5.92 Å². The van der Waals surface area contributed by atoms with E-state index < -0.39 is 0 Å². The van der Waals surface area contributed by atoms with Gasteiger partial charge in [-0.15, -0.1) is 12.4 Å². The van der Waals surface area contributed by atoms with Crippen LogP contribution in [0.25, 0.3) is 11.1 Å². The van der Waals surface area contributed by atoms with Gasteiger partial charge >= 0.3 is 0 Å². The van der Waals surface area contributed by atoms with Gasteiger partial charge in [0.15, 0.2) is 5.78 Å². The summed E-state index contributed by atoms with van der Waals surface area (Å²) >= 11 is 0. The summed E-state index contributed by atoms with van der Waals surface area (Å²) in [5.41, 5.74) is 4.61. The summed E-state index contributed by atoms with van der Waals surface area (Å²) in [5.74, 6) is 1.02. The number of halogens is 1. The minimum absolute atomic E-state index is 0. The van der Waals surface area contributed by atoms with Crippen molar-refractivity contribution in [2.75, 3.05) is 19.6 Å². The Kier molecular flexibility index (Phi) is 8.24. The number of benzene rings is 3. The molecule has 30 heavy (non-hydrogen) atoms. The predicted octanol–water partition coefficient (Wildman–Crippen LogP) is 6.30. The van der Waals surface area contributed by atoms with Crippen LogP contribution in [0.15, 0.2) is 84.9 Å². The van der Waals surface area contributed by atoms with E-state index in [2.05, 4.69) is 59.5 Å². The van der Waals surface area contributed by atoms with Crippen LogP contribution in [0.5, 0.6) is 0 Å². The highest BCUT2D eigenvalue weighted by Gasteiger charge is 2.20. The number of hydrogen-bond donors (Lipinski definition) is 0. The summed E-state index contributed by atoms with van der Waals surface area (Å²) in [4.78, 5) is 15.1. The Morgan fingerprint density at radius 2 is 1.33 bits per heavy atom. The van der Waals surface area contributed by atoms with Crippen LogP contribution in [0, 0.1) is 5.92 Å². The molecule has 3 aromatic rings. The maximum absolute atomic E-state index is 12.6. The van der Waals surface area contributed by atoms with Crippen LogP contribution < -0.4 is 0 Å². The van der Waals surface area contributed by atoms with E-state index in [1.807, 2.05) is 30.3 Å². The molecule has 1 fully saturated rings. The molecule has 3 heteroatoms. The van der Waals surface area contributed by atoms with Crippen molar-refractivity contribution >= 4 is 18.2 Å². The number of hydrogen-bond acceptors (Lipinski definition) is 2. The molecule has 1 aliphatic heterocycles. The molecule has 0 atom stereocenters. The van der Waals surface area contributed by atoms with Gasteiger partial charge in [-0.05, 0) is 55.0 Å². The van der Waals surface area contributed by atoms with Gasteiger partial charge in [-0.25, -0.2) is 0 Å². The van der Waals surface area contributed by atoms with E-state index in [0.29, 0.717) is 6.42 Å². The maximum atomic E-state index is 12.6. The van der Waals surface area contributed by atoms with Gasteiger partial charge < -0.3 is 4.90 Å². The highest BCUT2D eigenvalue weighted by molar-refractivity contribution is 5.96. The van der Waals surface area contributed by atoms with E-state index in [9.17, 15) is 4.79 Å². The quantitative estimate of drug-likeness (QED) is 0.418. The van der Waals surface area contributed by atoms with E-state index in [-0.39, 0.29) is 18.2 Å². The fraction of sp³-hybridized carbons (Fsp3) is 0.296. The van der Waals surface area contributed by atoms with Crippen molar-refractivity contribution in [2.45, 2.75) is 25.7 Å². The molecule has 0 radical (unpaired) electrons. The second kappa shape index (κ2) is 11.1. The second-order valence-corrected chi connectivity index (χ2v) is 8.09. The molecular weight excluding hydrogens is 390 g/mol. The zero-order valence-corrected chi connectivity index (χ0v) is 18.2. The lowest BCUT2D eigenvalue weighted by molar-refractivity contribution is 0.0951. The van der Waals surface area contributed by atoms with Gasteiger partial charge in [0.1, 0.15) is 0 Å². The van der Waals surface area contributed by atoms with E-state index >= 15 is 0 Å². The van der Waals surface area contributed by atoms with Crippen LogP contribution in [-0.2, 0) is 6.42 Å². The Labute approximate surface area is 186 Å². The zero-order valence-electron chi connectivity index (χ0n) is 17.4. The second-order valence-electron chi connectivity index (χ2n) is 8.09. The first-order valence-electron chi connectivity index (χ1n) is 10.7. The summed E-state index contributed by atoms with van der Waals surface area (Å²) in [7, 11) is 0. The summed E-state index contributed by atoms with van der Waals surface area (Å²) in [6.07, 6.45) is 4.25. The third-order valence-electron chi connectivity index (χ3n) is 6.04. The third kappa shape index (κ3) is 6.04. The first-order chi connectivity index (χ1) is 14.3. The van der Waals surface area contributed by atoms with Crippen molar-refractivity contribution < 1.29 is 4.79 Å². The molecule has 1 heterocycles. The van der Waals surface area contributed by atoms with Gasteiger partial charge in [-0.1, -0.05) is 84.9 Å². The highest BCUT2D eigenvalue weighted by Crippen LogP contribution is 2.23. The topological polar surface area (TPSA) is 20.3 Å². The molecule has 4 rings (SSSR count). The normalized spacial score (nSPS) is 14.8. The van der Waals surface area contributed by atoms with Gasteiger partial charge in [0.05, 0.1) is 0 Å². The number of likely N-dealkylation sites (tertiary alicyclic amines) is 1. The molecule has 3 aromatic carbocycles. The number of Topliss-reactive ketones (excluding diaryl/α,β-unsaturated/α-hetero) is 1. The summed E-state index contributed by atoms with van der Waals surface area (Å²) in [6, 6.07) is 29.1. The maximum Gasteiger partial charge on any atom is 0.164 e. The van der Waals surface area contributed by atoms with Crippen LogP contribution >= 0.6 is 12.4 Å². The molecule has 0 amide bonds. The fourth-order valence-electron chi connectivity index (χ4n) is 4.24. The molecule has 1 aliphatic rings. The lowest BCUT2D eigenvalue weighted by Gasteiger charge is -2.31. The molecule has 0 spiro atoms. The van der Waals surface area contributed by atoms with Crippen molar-refractivity contribution in [3.8, 4) is 11.1 Å². The van der Waals surface area contributed by atoms with Gasteiger partial charge in [0.2, 0.25) is 0 Å². The summed E-state index contributed by atoms with van der Waals surface area (Å²) in [5, 5.41) is 0. The lowest BCUT2D eigenvalue weighted by Crippen LogP contribution is -2.35.